The molecule has 0 fully saturated rings. The second kappa shape index (κ2) is 6.20. The molecule has 1 aromatic heterocycles. The Labute approximate surface area is 96.5 Å². The highest BCUT2D eigenvalue weighted by Gasteiger charge is 2.02. The van der Waals surface area contributed by atoms with Gasteiger partial charge in [0.1, 0.15) is 5.01 Å². The maximum atomic E-state index is 4.39. The summed E-state index contributed by atoms with van der Waals surface area (Å²) in [7, 11) is 4.14. The van der Waals surface area contributed by atoms with Crippen molar-refractivity contribution in [3.05, 3.63) is 16.1 Å². The van der Waals surface area contributed by atoms with Gasteiger partial charge in [0.05, 0.1) is 0 Å². The Hall–Kier alpha value is -0.450. The Morgan fingerprint density at radius 3 is 2.80 bits per heavy atom. The number of rotatable bonds is 6. The van der Waals surface area contributed by atoms with E-state index in [9.17, 15) is 0 Å². The predicted molar refractivity (Wildman–Crippen MR) is 66.0 cm³/mol. The van der Waals surface area contributed by atoms with Crippen LogP contribution in [0.5, 0.6) is 0 Å². The van der Waals surface area contributed by atoms with Crippen LogP contribution in [0.1, 0.15) is 23.7 Å². The van der Waals surface area contributed by atoms with E-state index >= 15 is 0 Å². The lowest BCUT2D eigenvalue weighted by atomic mass is 10.2. The predicted octanol–water partition coefficient (Wildman–Crippen LogP) is 1.95. The highest BCUT2D eigenvalue weighted by molar-refractivity contribution is 7.11. The first kappa shape index (κ1) is 12.6. The third-order valence-corrected chi connectivity index (χ3v) is 2.89. The van der Waals surface area contributed by atoms with E-state index in [0.717, 1.165) is 19.6 Å². The number of nitrogens with one attached hydrogen (secondary N) is 1. The molecule has 86 valence electrons. The van der Waals surface area contributed by atoms with Gasteiger partial charge >= 0.3 is 0 Å². The lowest BCUT2D eigenvalue weighted by Crippen LogP contribution is -2.18. The molecule has 1 rings (SSSR count). The van der Waals surface area contributed by atoms with E-state index in [1.54, 1.807) is 11.3 Å². The highest BCUT2D eigenvalue weighted by atomic mass is 32.1. The summed E-state index contributed by atoms with van der Waals surface area (Å²) < 4.78 is 0. The zero-order chi connectivity index (χ0) is 11.3. The van der Waals surface area contributed by atoms with E-state index in [-0.39, 0.29) is 0 Å². The Morgan fingerprint density at radius 1 is 1.47 bits per heavy atom. The van der Waals surface area contributed by atoms with Crippen molar-refractivity contribution >= 4 is 11.3 Å². The van der Waals surface area contributed by atoms with Gasteiger partial charge in [0, 0.05) is 24.2 Å². The smallest absolute Gasteiger partial charge is 0.107 e. The first-order valence-electron chi connectivity index (χ1n) is 5.37. The van der Waals surface area contributed by atoms with Crippen LogP contribution in [0.2, 0.25) is 0 Å². The molecule has 0 aliphatic carbocycles. The minimum Gasteiger partial charge on any atom is -0.312 e. The van der Waals surface area contributed by atoms with E-state index in [0.29, 0.717) is 5.92 Å². The van der Waals surface area contributed by atoms with Gasteiger partial charge in [-0.2, -0.15) is 0 Å². The number of thiazole rings is 1. The third kappa shape index (κ3) is 5.25. The van der Waals surface area contributed by atoms with Crippen LogP contribution in [0.4, 0.5) is 0 Å². The van der Waals surface area contributed by atoms with Gasteiger partial charge < -0.3 is 10.2 Å². The van der Waals surface area contributed by atoms with Crippen molar-refractivity contribution in [3.63, 3.8) is 0 Å². The third-order valence-electron chi connectivity index (χ3n) is 1.90. The minimum absolute atomic E-state index is 0.708. The number of hydrogen-bond acceptors (Lipinski definition) is 4. The molecular weight excluding hydrogens is 206 g/mol. The molecule has 15 heavy (non-hydrogen) atoms. The van der Waals surface area contributed by atoms with Crippen molar-refractivity contribution in [2.45, 2.75) is 26.9 Å². The van der Waals surface area contributed by atoms with Crippen LogP contribution in [0.15, 0.2) is 6.20 Å². The summed E-state index contributed by atoms with van der Waals surface area (Å²) in [6, 6.07) is 0. The van der Waals surface area contributed by atoms with Gasteiger partial charge in [-0.05, 0) is 26.6 Å². The van der Waals surface area contributed by atoms with Gasteiger partial charge in [0.15, 0.2) is 0 Å². The molecule has 0 aromatic carbocycles. The molecule has 0 aliphatic rings. The lowest BCUT2D eigenvalue weighted by Gasteiger charge is -2.06. The molecule has 0 amide bonds. The van der Waals surface area contributed by atoms with Gasteiger partial charge in [0.2, 0.25) is 0 Å². The van der Waals surface area contributed by atoms with E-state index < -0.39 is 0 Å². The average Bonchev–Trinajstić information content (AvgIpc) is 2.50. The summed E-state index contributed by atoms with van der Waals surface area (Å²) in [4.78, 5) is 7.86. The van der Waals surface area contributed by atoms with Crippen LogP contribution in [0.25, 0.3) is 0 Å². The monoisotopic (exact) mass is 227 g/mol. The molecule has 4 heteroatoms. The van der Waals surface area contributed by atoms with Gasteiger partial charge in [0.25, 0.3) is 0 Å². The second-order valence-corrected chi connectivity index (χ2v) is 5.68. The molecule has 0 bridgehead atoms. The largest absolute Gasteiger partial charge is 0.312 e. The molecule has 0 aliphatic heterocycles. The number of aromatic nitrogens is 1. The van der Waals surface area contributed by atoms with Crippen LogP contribution in [-0.2, 0) is 13.1 Å². The molecule has 0 saturated carbocycles. The van der Waals surface area contributed by atoms with Crippen LogP contribution in [-0.4, -0.2) is 30.5 Å². The van der Waals surface area contributed by atoms with Gasteiger partial charge in [-0.15, -0.1) is 11.3 Å². The zero-order valence-electron chi connectivity index (χ0n) is 10.1. The van der Waals surface area contributed by atoms with E-state index in [1.165, 1.54) is 9.88 Å². The van der Waals surface area contributed by atoms with Crippen molar-refractivity contribution in [2.24, 2.45) is 5.92 Å². The molecule has 0 radical (unpaired) electrons. The molecule has 0 atom stereocenters. The summed E-state index contributed by atoms with van der Waals surface area (Å²) in [5.41, 5.74) is 0. The van der Waals surface area contributed by atoms with Crippen LogP contribution < -0.4 is 5.32 Å². The highest BCUT2D eigenvalue weighted by Crippen LogP contribution is 2.13. The van der Waals surface area contributed by atoms with E-state index in [1.807, 2.05) is 6.20 Å². The normalized spacial score (nSPS) is 11.6. The topological polar surface area (TPSA) is 28.2 Å². The van der Waals surface area contributed by atoms with Crippen LogP contribution in [0, 0.1) is 5.92 Å². The van der Waals surface area contributed by atoms with E-state index in [4.69, 9.17) is 0 Å². The maximum Gasteiger partial charge on any atom is 0.107 e. The average molecular weight is 227 g/mol. The van der Waals surface area contributed by atoms with Gasteiger partial charge in [-0.1, -0.05) is 13.8 Å². The SMILES string of the molecule is CC(C)CNCc1cnc(CN(C)C)s1. The molecule has 1 N–H and O–H groups in total. The van der Waals surface area contributed by atoms with Gasteiger partial charge in [-0.25, -0.2) is 4.98 Å². The number of hydrogen-bond donors (Lipinski definition) is 1. The summed E-state index contributed by atoms with van der Waals surface area (Å²) in [5, 5.41) is 4.62. The maximum absolute atomic E-state index is 4.39. The van der Waals surface area contributed by atoms with Crippen LogP contribution in [0.3, 0.4) is 0 Å². The summed E-state index contributed by atoms with van der Waals surface area (Å²) in [6.45, 7) is 7.40. The molecular formula is C11H21N3S. The number of nitrogens with zero attached hydrogens (tertiary/aromatic N) is 2. The Morgan fingerprint density at radius 2 is 2.20 bits per heavy atom. The second-order valence-electron chi connectivity index (χ2n) is 4.48. The lowest BCUT2D eigenvalue weighted by molar-refractivity contribution is 0.401. The van der Waals surface area contributed by atoms with E-state index in [2.05, 4.69) is 43.1 Å². The standard InChI is InChI=1S/C11H21N3S/c1-9(2)5-12-6-10-7-13-11(15-10)8-14(3)4/h7,9,12H,5-6,8H2,1-4H3. The summed E-state index contributed by atoms with van der Waals surface area (Å²) in [6.07, 6.45) is 1.98. The minimum atomic E-state index is 0.708. The van der Waals surface area contributed by atoms with Crippen molar-refractivity contribution in [1.29, 1.82) is 0 Å². The van der Waals surface area contributed by atoms with Crippen molar-refractivity contribution in [1.82, 2.24) is 15.2 Å². The quantitative estimate of drug-likeness (QED) is 0.805. The first-order valence-corrected chi connectivity index (χ1v) is 6.18. The molecule has 3 nitrogen and oxygen atoms in total. The van der Waals surface area contributed by atoms with Gasteiger partial charge in [-0.3, -0.25) is 0 Å². The van der Waals surface area contributed by atoms with Crippen LogP contribution >= 0.6 is 11.3 Å². The molecule has 1 aromatic rings. The van der Waals surface area contributed by atoms with Crippen molar-refractivity contribution in [3.8, 4) is 0 Å². The Bertz CT molecular complexity index is 281. The Kier molecular flexibility index (Phi) is 5.22. The fourth-order valence-electron chi connectivity index (χ4n) is 1.26. The fourth-order valence-corrected chi connectivity index (χ4v) is 2.27. The summed E-state index contributed by atoms with van der Waals surface area (Å²) >= 11 is 1.80. The molecule has 0 saturated heterocycles. The first-order chi connectivity index (χ1) is 7.08. The fraction of sp³-hybridized carbons (Fsp3) is 0.727. The van der Waals surface area contributed by atoms with Crippen molar-refractivity contribution in [2.75, 3.05) is 20.6 Å². The molecule has 1 heterocycles. The summed E-state index contributed by atoms with van der Waals surface area (Å²) in [5.74, 6) is 0.708. The zero-order valence-corrected chi connectivity index (χ0v) is 10.9. The Balaban J connectivity index is 2.33. The molecule has 0 spiro atoms. The molecule has 0 unspecified atom stereocenters. The van der Waals surface area contributed by atoms with Crippen molar-refractivity contribution < 1.29 is 0 Å².